The minimum absolute atomic E-state index is 0.0423. The Hall–Kier alpha value is -1.22. The van der Waals surface area contributed by atoms with Crippen LogP contribution in [0.3, 0.4) is 0 Å². The van der Waals surface area contributed by atoms with E-state index in [-0.39, 0.29) is 5.60 Å². The number of hydrogen-bond acceptors (Lipinski definition) is 3. The van der Waals surface area contributed by atoms with Crippen LogP contribution in [0.1, 0.15) is 18.9 Å². The van der Waals surface area contributed by atoms with Gasteiger partial charge in [0.25, 0.3) is 0 Å². The molecule has 1 aromatic rings. The fraction of sp³-hybridized carbons (Fsp3) is 0.538. The normalized spacial score (nSPS) is 27.6. The van der Waals surface area contributed by atoms with Crippen molar-refractivity contribution in [1.82, 2.24) is 5.32 Å². The average Bonchev–Trinajstić information content (AvgIpc) is 2.87. The van der Waals surface area contributed by atoms with Crippen LogP contribution in [-0.4, -0.2) is 25.2 Å². The smallest absolute Gasteiger partial charge is 0.143 e. The Morgan fingerprint density at radius 3 is 3.06 bits per heavy atom. The van der Waals surface area contributed by atoms with E-state index in [9.17, 15) is 0 Å². The average molecular weight is 218 g/mol. The van der Waals surface area contributed by atoms with Crippen molar-refractivity contribution in [2.24, 2.45) is 0 Å². The number of rotatable bonds is 2. The number of benzene rings is 1. The van der Waals surface area contributed by atoms with E-state index in [4.69, 9.17) is 4.74 Å². The van der Waals surface area contributed by atoms with Gasteiger partial charge in [-0.3, -0.25) is 0 Å². The predicted molar refractivity (Wildman–Crippen MR) is 65.2 cm³/mol. The molecule has 0 amide bonds. The third kappa shape index (κ3) is 1.65. The van der Waals surface area contributed by atoms with E-state index >= 15 is 0 Å². The minimum Gasteiger partial charge on any atom is -0.484 e. The van der Waals surface area contributed by atoms with Crippen LogP contribution in [0.25, 0.3) is 0 Å². The van der Waals surface area contributed by atoms with Crippen molar-refractivity contribution in [1.29, 1.82) is 0 Å². The van der Waals surface area contributed by atoms with Gasteiger partial charge in [-0.15, -0.1) is 0 Å². The topological polar surface area (TPSA) is 33.3 Å². The second-order valence-corrected chi connectivity index (χ2v) is 4.95. The Labute approximate surface area is 96.2 Å². The van der Waals surface area contributed by atoms with Crippen molar-refractivity contribution in [2.45, 2.75) is 25.4 Å². The quantitative estimate of drug-likeness (QED) is 0.794. The Bertz CT molecular complexity index is 397. The van der Waals surface area contributed by atoms with Crippen LogP contribution < -0.4 is 15.4 Å². The summed E-state index contributed by atoms with van der Waals surface area (Å²) in [5.74, 6) is 1.02. The SMILES string of the molecule is CC1(Oc2cccc3c2NCC3)CCNC1. The number of hydrogen-bond donors (Lipinski definition) is 2. The molecule has 2 aliphatic rings. The fourth-order valence-electron chi connectivity index (χ4n) is 2.54. The van der Waals surface area contributed by atoms with E-state index in [0.29, 0.717) is 0 Å². The highest BCUT2D eigenvalue weighted by molar-refractivity contribution is 5.65. The monoisotopic (exact) mass is 218 g/mol. The van der Waals surface area contributed by atoms with Gasteiger partial charge >= 0.3 is 0 Å². The van der Waals surface area contributed by atoms with E-state index in [1.165, 1.54) is 11.3 Å². The lowest BCUT2D eigenvalue weighted by molar-refractivity contribution is 0.112. The van der Waals surface area contributed by atoms with Crippen LogP contribution in [-0.2, 0) is 6.42 Å². The van der Waals surface area contributed by atoms with E-state index in [0.717, 1.165) is 38.2 Å². The largest absolute Gasteiger partial charge is 0.484 e. The Morgan fingerprint density at radius 1 is 1.31 bits per heavy atom. The lowest BCUT2D eigenvalue weighted by Crippen LogP contribution is -2.34. The molecule has 3 rings (SSSR count). The summed E-state index contributed by atoms with van der Waals surface area (Å²) in [6.07, 6.45) is 2.19. The van der Waals surface area contributed by atoms with Gasteiger partial charge in [-0.1, -0.05) is 12.1 Å². The van der Waals surface area contributed by atoms with Gasteiger partial charge in [0.2, 0.25) is 0 Å². The fourth-order valence-corrected chi connectivity index (χ4v) is 2.54. The zero-order chi connectivity index (χ0) is 11.0. The van der Waals surface area contributed by atoms with Crippen LogP contribution in [0.4, 0.5) is 5.69 Å². The van der Waals surface area contributed by atoms with E-state index in [1.807, 2.05) is 0 Å². The maximum atomic E-state index is 6.18. The van der Waals surface area contributed by atoms with Gasteiger partial charge in [-0.2, -0.15) is 0 Å². The molecule has 1 aromatic carbocycles. The third-order valence-electron chi connectivity index (χ3n) is 3.49. The highest BCUT2D eigenvalue weighted by Crippen LogP contribution is 2.35. The maximum Gasteiger partial charge on any atom is 0.143 e. The maximum absolute atomic E-state index is 6.18. The number of para-hydroxylation sites is 1. The van der Waals surface area contributed by atoms with Gasteiger partial charge in [0.15, 0.2) is 0 Å². The first kappa shape index (κ1) is 9.97. The van der Waals surface area contributed by atoms with Crippen LogP contribution in [0.2, 0.25) is 0 Å². The number of anilines is 1. The van der Waals surface area contributed by atoms with Crippen molar-refractivity contribution in [3.8, 4) is 5.75 Å². The van der Waals surface area contributed by atoms with Gasteiger partial charge in [-0.25, -0.2) is 0 Å². The van der Waals surface area contributed by atoms with Crippen LogP contribution in [0.15, 0.2) is 18.2 Å². The van der Waals surface area contributed by atoms with Crippen molar-refractivity contribution in [2.75, 3.05) is 25.0 Å². The zero-order valence-electron chi connectivity index (χ0n) is 9.68. The zero-order valence-corrected chi connectivity index (χ0v) is 9.68. The molecule has 1 atom stereocenters. The molecule has 3 heteroatoms. The molecule has 1 saturated heterocycles. The van der Waals surface area contributed by atoms with Gasteiger partial charge in [0.1, 0.15) is 11.4 Å². The Morgan fingerprint density at radius 2 is 2.25 bits per heavy atom. The molecular formula is C13H18N2O. The summed E-state index contributed by atoms with van der Waals surface area (Å²) in [6.45, 7) is 5.21. The molecule has 2 heterocycles. The molecule has 0 radical (unpaired) electrons. The second kappa shape index (κ2) is 3.67. The van der Waals surface area contributed by atoms with Crippen LogP contribution in [0.5, 0.6) is 5.75 Å². The highest BCUT2D eigenvalue weighted by Gasteiger charge is 2.31. The lowest BCUT2D eigenvalue weighted by Gasteiger charge is -2.26. The number of ether oxygens (including phenoxy) is 1. The predicted octanol–water partition coefficient (Wildman–Crippen LogP) is 1.79. The first-order valence-electron chi connectivity index (χ1n) is 6.02. The summed E-state index contributed by atoms with van der Waals surface area (Å²) < 4.78 is 6.18. The summed E-state index contributed by atoms with van der Waals surface area (Å²) in [5, 5.41) is 6.77. The van der Waals surface area contributed by atoms with Crippen molar-refractivity contribution < 1.29 is 4.74 Å². The molecular weight excluding hydrogens is 200 g/mol. The first-order valence-corrected chi connectivity index (χ1v) is 6.02. The standard InChI is InChI=1S/C13H18N2O/c1-13(6-8-14-9-13)16-11-4-2-3-10-5-7-15-12(10)11/h2-4,14-15H,5-9H2,1H3. The Balaban J connectivity index is 1.87. The van der Waals surface area contributed by atoms with Crippen molar-refractivity contribution in [3.63, 3.8) is 0 Å². The van der Waals surface area contributed by atoms with Crippen molar-refractivity contribution in [3.05, 3.63) is 23.8 Å². The van der Waals surface area contributed by atoms with Gasteiger partial charge in [-0.05, 0) is 31.5 Å². The Kier molecular flexibility index (Phi) is 2.28. The summed E-state index contributed by atoms with van der Waals surface area (Å²) in [6, 6.07) is 6.34. The van der Waals surface area contributed by atoms with E-state index in [2.05, 4.69) is 35.8 Å². The first-order chi connectivity index (χ1) is 7.77. The van der Waals surface area contributed by atoms with Crippen LogP contribution >= 0.6 is 0 Å². The molecule has 0 saturated carbocycles. The summed E-state index contributed by atoms with van der Waals surface area (Å²) >= 11 is 0. The molecule has 2 N–H and O–H groups in total. The number of nitrogens with one attached hydrogen (secondary N) is 2. The third-order valence-corrected chi connectivity index (χ3v) is 3.49. The molecule has 0 aliphatic carbocycles. The second-order valence-electron chi connectivity index (χ2n) is 4.95. The molecule has 16 heavy (non-hydrogen) atoms. The molecule has 0 aromatic heterocycles. The summed E-state index contributed by atoms with van der Waals surface area (Å²) in [4.78, 5) is 0. The molecule has 0 bridgehead atoms. The molecule has 1 unspecified atom stereocenters. The lowest BCUT2D eigenvalue weighted by atomic mass is 10.1. The van der Waals surface area contributed by atoms with Gasteiger partial charge in [0, 0.05) is 19.5 Å². The molecule has 86 valence electrons. The van der Waals surface area contributed by atoms with Gasteiger partial charge in [0.05, 0.1) is 5.69 Å². The van der Waals surface area contributed by atoms with Crippen molar-refractivity contribution >= 4 is 5.69 Å². The molecule has 2 aliphatic heterocycles. The van der Waals surface area contributed by atoms with E-state index in [1.54, 1.807) is 0 Å². The minimum atomic E-state index is -0.0423. The summed E-state index contributed by atoms with van der Waals surface area (Å²) in [7, 11) is 0. The van der Waals surface area contributed by atoms with E-state index < -0.39 is 0 Å². The molecule has 0 spiro atoms. The number of fused-ring (bicyclic) bond motifs is 1. The molecule has 1 fully saturated rings. The molecule has 3 nitrogen and oxygen atoms in total. The van der Waals surface area contributed by atoms with Crippen LogP contribution in [0, 0.1) is 0 Å². The highest BCUT2D eigenvalue weighted by atomic mass is 16.5. The summed E-state index contributed by atoms with van der Waals surface area (Å²) in [5.41, 5.74) is 2.54. The van der Waals surface area contributed by atoms with Gasteiger partial charge < -0.3 is 15.4 Å².